The Balaban J connectivity index is 1.97. The van der Waals surface area contributed by atoms with Crippen LogP contribution in [0.2, 0.25) is 0 Å². The molecule has 0 fully saturated rings. The molecule has 20 heavy (non-hydrogen) atoms. The highest BCUT2D eigenvalue weighted by atomic mass is 16.5. The first-order valence-corrected chi connectivity index (χ1v) is 6.24. The Kier molecular flexibility index (Phi) is 4.50. The van der Waals surface area contributed by atoms with Crippen LogP contribution >= 0.6 is 0 Å². The van der Waals surface area contributed by atoms with Crippen molar-refractivity contribution in [3.05, 3.63) is 60.2 Å². The van der Waals surface area contributed by atoms with E-state index in [1.807, 2.05) is 18.2 Å². The number of nitrogens with one attached hydrogen (secondary N) is 1. The molecule has 1 amide bonds. The van der Waals surface area contributed by atoms with Gasteiger partial charge < -0.3 is 10.1 Å². The number of para-hydroxylation sites is 2. The zero-order valence-electron chi connectivity index (χ0n) is 11.1. The highest BCUT2D eigenvalue weighted by molar-refractivity contribution is 6.03. The molecule has 0 spiro atoms. The van der Waals surface area contributed by atoms with E-state index in [-0.39, 0.29) is 18.3 Å². The van der Waals surface area contributed by atoms with Crippen molar-refractivity contribution in [1.82, 2.24) is 0 Å². The maximum absolute atomic E-state index is 11.8. The van der Waals surface area contributed by atoms with E-state index in [1.54, 1.807) is 36.4 Å². The number of hydrogen-bond donors (Lipinski definition) is 1. The predicted molar refractivity (Wildman–Crippen MR) is 77.0 cm³/mol. The summed E-state index contributed by atoms with van der Waals surface area (Å²) in [4.78, 5) is 23.3. The van der Waals surface area contributed by atoms with E-state index in [2.05, 4.69) is 5.32 Å². The van der Waals surface area contributed by atoms with Gasteiger partial charge in [0.05, 0.1) is 5.69 Å². The van der Waals surface area contributed by atoms with Crippen molar-refractivity contribution >= 4 is 17.4 Å². The molecule has 2 aromatic carbocycles. The smallest absolute Gasteiger partial charge is 0.262 e. The lowest BCUT2D eigenvalue weighted by atomic mass is 10.1. The van der Waals surface area contributed by atoms with Crippen molar-refractivity contribution in [2.75, 3.05) is 11.9 Å². The highest BCUT2D eigenvalue weighted by Gasteiger charge is 2.09. The van der Waals surface area contributed by atoms with E-state index >= 15 is 0 Å². The quantitative estimate of drug-likeness (QED) is 0.849. The number of benzene rings is 2. The first-order chi connectivity index (χ1) is 9.66. The number of carbonyl (C=O) groups excluding carboxylic acids is 2. The number of amides is 1. The Hall–Kier alpha value is -2.62. The molecular formula is C16H15NO3. The Morgan fingerprint density at radius 2 is 1.65 bits per heavy atom. The van der Waals surface area contributed by atoms with Crippen LogP contribution in [0.25, 0.3) is 0 Å². The Morgan fingerprint density at radius 1 is 1.00 bits per heavy atom. The molecule has 0 heterocycles. The number of hydrogen-bond acceptors (Lipinski definition) is 3. The number of rotatable bonds is 5. The van der Waals surface area contributed by atoms with Crippen LogP contribution in [0.15, 0.2) is 54.6 Å². The van der Waals surface area contributed by atoms with E-state index in [0.717, 1.165) is 0 Å². The molecule has 0 aliphatic rings. The summed E-state index contributed by atoms with van der Waals surface area (Å²) in [5, 5.41) is 2.68. The van der Waals surface area contributed by atoms with Crippen LogP contribution in [0.3, 0.4) is 0 Å². The number of anilines is 1. The maximum Gasteiger partial charge on any atom is 0.262 e. The van der Waals surface area contributed by atoms with Crippen molar-refractivity contribution in [1.29, 1.82) is 0 Å². The largest absolute Gasteiger partial charge is 0.484 e. The minimum atomic E-state index is -0.303. The minimum Gasteiger partial charge on any atom is -0.484 e. The Morgan fingerprint density at radius 3 is 2.35 bits per heavy atom. The van der Waals surface area contributed by atoms with Gasteiger partial charge in [-0.2, -0.15) is 0 Å². The second-order valence-corrected chi connectivity index (χ2v) is 4.25. The van der Waals surface area contributed by atoms with Crippen LogP contribution in [0, 0.1) is 0 Å². The van der Waals surface area contributed by atoms with Crippen molar-refractivity contribution in [2.24, 2.45) is 0 Å². The van der Waals surface area contributed by atoms with Gasteiger partial charge in [-0.3, -0.25) is 9.59 Å². The molecule has 0 bridgehead atoms. The van der Waals surface area contributed by atoms with Crippen molar-refractivity contribution < 1.29 is 14.3 Å². The fourth-order valence-corrected chi connectivity index (χ4v) is 1.75. The molecule has 0 aromatic heterocycles. The monoisotopic (exact) mass is 269 g/mol. The summed E-state index contributed by atoms with van der Waals surface area (Å²) in [6.07, 6.45) is 0. The standard InChI is InChI=1S/C16H15NO3/c1-12(18)14-9-5-6-10-15(14)17-16(19)11-20-13-7-3-2-4-8-13/h2-10H,11H2,1H3,(H,17,19). The molecule has 4 nitrogen and oxygen atoms in total. The molecule has 0 saturated heterocycles. The van der Waals surface area contributed by atoms with Gasteiger partial charge in [0.25, 0.3) is 5.91 Å². The fourth-order valence-electron chi connectivity index (χ4n) is 1.75. The third-order valence-electron chi connectivity index (χ3n) is 2.69. The van der Waals surface area contributed by atoms with Gasteiger partial charge in [0.15, 0.2) is 12.4 Å². The first-order valence-electron chi connectivity index (χ1n) is 6.24. The second kappa shape index (κ2) is 6.52. The average molecular weight is 269 g/mol. The molecule has 0 atom stereocenters. The van der Waals surface area contributed by atoms with Crippen LogP contribution in [0.1, 0.15) is 17.3 Å². The van der Waals surface area contributed by atoms with Gasteiger partial charge in [0.2, 0.25) is 0 Å². The van der Waals surface area contributed by atoms with E-state index in [0.29, 0.717) is 17.0 Å². The van der Waals surface area contributed by atoms with Crippen molar-refractivity contribution in [2.45, 2.75) is 6.92 Å². The predicted octanol–water partition coefficient (Wildman–Crippen LogP) is 2.91. The van der Waals surface area contributed by atoms with Crippen LogP contribution < -0.4 is 10.1 Å². The topological polar surface area (TPSA) is 55.4 Å². The van der Waals surface area contributed by atoms with Gasteiger partial charge in [0, 0.05) is 5.56 Å². The van der Waals surface area contributed by atoms with Gasteiger partial charge in [-0.25, -0.2) is 0 Å². The summed E-state index contributed by atoms with van der Waals surface area (Å²) in [5.74, 6) is 0.231. The van der Waals surface area contributed by atoms with Crippen molar-refractivity contribution in [3.8, 4) is 5.75 Å². The Labute approximate surface area is 117 Å². The number of carbonyl (C=O) groups is 2. The molecular weight excluding hydrogens is 254 g/mol. The average Bonchev–Trinajstić information content (AvgIpc) is 2.46. The zero-order valence-corrected chi connectivity index (χ0v) is 11.1. The van der Waals surface area contributed by atoms with E-state index in [1.165, 1.54) is 6.92 Å². The molecule has 102 valence electrons. The summed E-state index contributed by atoms with van der Waals surface area (Å²) in [6.45, 7) is 1.36. The molecule has 4 heteroatoms. The summed E-state index contributed by atoms with van der Waals surface area (Å²) in [5.41, 5.74) is 0.988. The molecule has 2 aromatic rings. The summed E-state index contributed by atoms with van der Waals surface area (Å²) < 4.78 is 5.34. The molecule has 0 aliphatic heterocycles. The summed E-state index contributed by atoms with van der Waals surface area (Å²) >= 11 is 0. The summed E-state index contributed by atoms with van der Waals surface area (Å²) in [7, 11) is 0. The van der Waals surface area contributed by atoms with Crippen LogP contribution in [0.5, 0.6) is 5.75 Å². The van der Waals surface area contributed by atoms with Crippen LogP contribution in [-0.2, 0) is 4.79 Å². The number of ketones is 1. The molecule has 0 radical (unpaired) electrons. The van der Waals surface area contributed by atoms with E-state index in [9.17, 15) is 9.59 Å². The summed E-state index contributed by atoms with van der Waals surface area (Å²) in [6, 6.07) is 16.0. The fraction of sp³-hybridized carbons (Fsp3) is 0.125. The van der Waals surface area contributed by atoms with Gasteiger partial charge >= 0.3 is 0 Å². The molecule has 2 rings (SSSR count). The number of Topliss-reactive ketones (excluding diaryl/α,β-unsaturated/α-hetero) is 1. The van der Waals surface area contributed by atoms with Gasteiger partial charge in [0.1, 0.15) is 5.75 Å². The lowest BCUT2D eigenvalue weighted by Crippen LogP contribution is -2.21. The van der Waals surface area contributed by atoms with Gasteiger partial charge in [-0.05, 0) is 31.2 Å². The molecule has 0 aliphatic carbocycles. The Bertz CT molecular complexity index is 608. The van der Waals surface area contributed by atoms with E-state index in [4.69, 9.17) is 4.74 Å². The normalized spacial score (nSPS) is 9.85. The van der Waals surface area contributed by atoms with Crippen molar-refractivity contribution in [3.63, 3.8) is 0 Å². The molecule has 0 saturated carbocycles. The van der Waals surface area contributed by atoms with E-state index < -0.39 is 0 Å². The number of ether oxygens (including phenoxy) is 1. The van der Waals surface area contributed by atoms with Gasteiger partial charge in [-0.15, -0.1) is 0 Å². The van der Waals surface area contributed by atoms with Gasteiger partial charge in [-0.1, -0.05) is 30.3 Å². The van der Waals surface area contributed by atoms with Crippen LogP contribution in [0.4, 0.5) is 5.69 Å². The zero-order chi connectivity index (χ0) is 14.4. The molecule has 0 unspecified atom stereocenters. The van der Waals surface area contributed by atoms with Crippen LogP contribution in [-0.4, -0.2) is 18.3 Å². The highest BCUT2D eigenvalue weighted by Crippen LogP contribution is 2.15. The minimum absolute atomic E-state index is 0.0927. The third-order valence-corrected chi connectivity index (χ3v) is 2.69. The SMILES string of the molecule is CC(=O)c1ccccc1NC(=O)COc1ccccc1. The first kappa shape index (κ1) is 13.8. The maximum atomic E-state index is 11.8. The second-order valence-electron chi connectivity index (χ2n) is 4.25. The third kappa shape index (κ3) is 3.68. The molecule has 1 N–H and O–H groups in total. The lowest BCUT2D eigenvalue weighted by Gasteiger charge is -2.10. The lowest BCUT2D eigenvalue weighted by molar-refractivity contribution is -0.118.